The first-order valence-electron chi connectivity index (χ1n) is 4.45. The van der Waals surface area contributed by atoms with Crippen molar-refractivity contribution in [1.82, 2.24) is 4.90 Å². The first-order chi connectivity index (χ1) is 6.22. The van der Waals surface area contributed by atoms with Gasteiger partial charge in [-0.2, -0.15) is 0 Å². The van der Waals surface area contributed by atoms with Crippen LogP contribution in [0.4, 0.5) is 0 Å². The van der Waals surface area contributed by atoms with Gasteiger partial charge in [-0.1, -0.05) is 5.16 Å². The summed E-state index contributed by atoms with van der Waals surface area (Å²) in [6.45, 7) is 3.14. The summed E-state index contributed by atoms with van der Waals surface area (Å²) in [6.07, 6.45) is 1.11. The molecule has 1 heterocycles. The second kappa shape index (κ2) is 5.04. The van der Waals surface area contributed by atoms with Crippen LogP contribution >= 0.6 is 0 Å². The summed E-state index contributed by atoms with van der Waals surface area (Å²) in [7, 11) is 1.95. The molecule has 0 saturated carbocycles. The van der Waals surface area contributed by atoms with Crippen LogP contribution in [0, 0.1) is 5.92 Å². The molecule has 13 heavy (non-hydrogen) atoms. The number of nitrogens with zero attached hydrogens (tertiary/aromatic N) is 2. The highest BCUT2D eigenvalue weighted by Gasteiger charge is 2.17. The van der Waals surface area contributed by atoms with Crippen LogP contribution in [0.15, 0.2) is 5.16 Å². The number of rotatable bonds is 4. The van der Waals surface area contributed by atoms with Gasteiger partial charge in [-0.25, -0.2) is 0 Å². The van der Waals surface area contributed by atoms with Crippen LogP contribution in [0.2, 0.25) is 0 Å². The lowest BCUT2D eigenvalue weighted by Gasteiger charge is -2.18. The number of nitrogens with two attached hydrogens (primary N) is 1. The molecular formula is C8H17N3O2. The first kappa shape index (κ1) is 10.3. The van der Waals surface area contributed by atoms with E-state index in [0.29, 0.717) is 12.5 Å². The average Bonchev–Trinajstić information content (AvgIpc) is 2.56. The Bertz CT molecular complexity index is 178. The van der Waals surface area contributed by atoms with E-state index in [1.807, 2.05) is 11.9 Å². The van der Waals surface area contributed by atoms with Crippen molar-refractivity contribution in [3.05, 3.63) is 0 Å². The number of amidine groups is 1. The van der Waals surface area contributed by atoms with Gasteiger partial charge in [0.1, 0.15) is 0 Å². The van der Waals surface area contributed by atoms with E-state index in [-0.39, 0.29) is 5.84 Å². The molecule has 1 atom stereocenters. The van der Waals surface area contributed by atoms with Crippen LogP contribution in [0.3, 0.4) is 0 Å². The molecule has 76 valence electrons. The largest absolute Gasteiger partial charge is 0.409 e. The first-order valence-corrected chi connectivity index (χ1v) is 4.45. The van der Waals surface area contributed by atoms with Crippen molar-refractivity contribution in [2.75, 3.05) is 33.4 Å². The fourth-order valence-corrected chi connectivity index (χ4v) is 1.54. The van der Waals surface area contributed by atoms with Gasteiger partial charge in [0, 0.05) is 13.2 Å². The SMILES string of the molecule is CN(CC(N)=NO)CC1CCOC1. The van der Waals surface area contributed by atoms with Gasteiger partial charge in [-0.15, -0.1) is 0 Å². The third kappa shape index (κ3) is 3.61. The molecule has 1 fully saturated rings. The van der Waals surface area contributed by atoms with Crippen molar-refractivity contribution in [3.8, 4) is 0 Å². The van der Waals surface area contributed by atoms with E-state index in [1.165, 1.54) is 0 Å². The molecule has 3 N–H and O–H groups in total. The normalized spacial score (nSPS) is 24.2. The minimum atomic E-state index is 0.251. The van der Waals surface area contributed by atoms with Crippen molar-refractivity contribution >= 4 is 5.84 Å². The highest BCUT2D eigenvalue weighted by molar-refractivity contribution is 5.81. The number of oxime groups is 1. The lowest BCUT2D eigenvalue weighted by atomic mass is 10.1. The molecule has 0 spiro atoms. The molecule has 0 bridgehead atoms. The summed E-state index contributed by atoms with van der Waals surface area (Å²) in [6, 6.07) is 0. The van der Waals surface area contributed by atoms with Crippen LogP contribution < -0.4 is 5.73 Å². The van der Waals surface area contributed by atoms with Crippen LogP contribution in [0.5, 0.6) is 0 Å². The summed E-state index contributed by atoms with van der Waals surface area (Å²) in [5.41, 5.74) is 5.38. The van der Waals surface area contributed by atoms with Crippen LogP contribution in [0.1, 0.15) is 6.42 Å². The monoisotopic (exact) mass is 187 g/mol. The van der Waals surface area contributed by atoms with E-state index in [4.69, 9.17) is 15.7 Å². The summed E-state index contributed by atoms with van der Waals surface area (Å²) in [5, 5.41) is 11.3. The Balaban J connectivity index is 2.20. The molecule has 1 saturated heterocycles. The Kier molecular flexibility index (Phi) is 3.98. The minimum absolute atomic E-state index is 0.251. The van der Waals surface area contributed by atoms with Gasteiger partial charge in [-0.3, -0.25) is 4.90 Å². The zero-order chi connectivity index (χ0) is 9.68. The Morgan fingerprint density at radius 1 is 1.77 bits per heavy atom. The van der Waals surface area contributed by atoms with Gasteiger partial charge >= 0.3 is 0 Å². The molecule has 1 aliphatic heterocycles. The number of likely N-dealkylation sites (N-methyl/N-ethyl adjacent to an activating group) is 1. The maximum atomic E-state index is 8.36. The average molecular weight is 187 g/mol. The topological polar surface area (TPSA) is 71.1 Å². The summed E-state index contributed by atoms with van der Waals surface area (Å²) in [4.78, 5) is 2.04. The molecule has 5 nitrogen and oxygen atoms in total. The van der Waals surface area contributed by atoms with Crippen molar-refractivity contribution < 1.29 is 9.94 Å². The smallest absolute Gasteiger partial charge is 0.153 e. The fourth-order valence-electron chi connectivity index (χ4n) is 1.54. The van der Waals surface area contributed by atoms with E-state index in [9.17, 15) is 0 Å². The highest BCUT2D eigenvalue weighted by atomic mass is 16.5. The van der Waals surface area contributed by atoms with Crippen molar-refractivity contribution in [3.63, 3.8) is 0 Å². The molecule has 0 radical (unpaired) electrons. The highest BCUT2D eigenvalue weighted by Crippen LogP contribution is 2.12. The van der Waals surface area contributed by atoms with E-state index in [1.54, 1.807) is 0 Å². The zero-order valence-electron chi connectivity index (χ0n) is 7.94. The molecule has 5 heteroatoms. The fraction of sp³-hybridized carbons (Fsp3) is 0.875. The summed E-state index contributed by atoms with van der Waals surface area (Å²) in [5.74, 6) is 0.845. The molecule has 1 unspecified atom stereocenters. The minimum Gasteiger partial charge on any atom is -0.409 e. The van der Waals surface area contributed by atoms with Gasteiger partial charge in [0.2, 0.25) is 0 Å². The lowest BCUT2D eigenvalue weighted by Crippen LogP contribution is -2.34. The van der Waals surface area contributed by atoms with Crippen molar-refractivity contribution in [2.45, 2.75) is 6.42 Å². The van der Waals surface area contributed by atoms with E-state index in [2.05, 4.69) is 5.16 Å². The molecule has 0 aromatic rings. The Labute approximate surface area is 78.1 Å². The van der Waals surface area contributed by atoms with Crippen molar-refractivity contribution in [2.24, 2.45) is 16.8 Å². The molecule has 0 aliphatic carbocycles. The van der Waals surface area contributed by atoms with Gasteiger partial charge in [0.25, 0.3) is 0 Å². The molecular weight excluding hydrogens is 170 g/mol. The third-order valence-corrected chi connectivity index (χ3v) is 2.15. The van der Waals surface area contributed by atoms with E-state index >= 15 is 0 Å². The van der Waals surface area contributed by atoms with Crippen LogP contribution in [0.25, 0.3) is 0 Å². The second-order valence-corrected chi connectivity index (χ2v) is 3.52. The van der Waals surface area contributed by atoms with Gasteiger partial charge in [-0.05, 0) is 19.4 Å². The maximum Gasteiger partial charge on any atom is 0.153 e. The number of hydrogen-bond donors (Lipinski definition) is 2. The van der Waals surface area contributed by atoms with Crippen LogP contribution in [-0.4, -0.2) is 49.3 Å². The van der Waals surface area contributed by atoms with Gasteiger partial charge < -0.3 is 15.7 Å². The summed E-state index contributed by atoms with van der Waals surface area (Å²) >= 11 is 0. The summed E-state index contributed by atoms with van der Waals surface area (Å²) < 4.78 is 5.25. The Morgan fingerprint density at radius 3 is 3.08 bits per heavy atom. The second-order valence-electron chi connectivity index (χ2n) is 3.52. The van der Waals surface area contributed by atoms with Gasteiger partial charge in [0.05, 0.1) is 13.2 Å². The molecule has 0 aromatic carbocycles. The zero-order valence-corrected chi connectivity index (χ0v) is 7.94. The van der Waals surface area contributed by atoms with E-state index < -0.39 is 0 Å². The predicted octanol–water partition coefficient (Wildman–Crippen LogP) is -0.299. The van der Waals surface area contributed by atoms with Crippen molar-refractivity contribution in [1.29, 1.82) is 0 Å². The maximum absolute atomic E-state index is 8.36. The third-order valence-electron chi connectivity index (χ3n) is 2.15. The standard InChI is InChI=1S/C8H17N3O2/c1-11(5-8(9)10-12)4-7-2-3-13-6-7/h7,12H,2-6H2,1H3,(H2,9,10). The quantitative estimate of drug-likeness (QED) is 0.274. The molecule has 1 aliphatic rings. The molecule has 0 amide bonds. The van der Waals surface area contributed by atoms with Crippen LogP contribution in [-0.2, 0) is 4.74 Å². The van der Waals surface area contributed by atoms with E-state index in [0.717, 1.165) is 26.2 Å². The number of hydrogen-bond acceptors (Lipinski definition) is 4. The number of ether oxygens (including phenoxy) is 1. The lowest BCUT2D eigenvalue weighted by molar-refractivity contribution is 0.176. The molecule has 1 rings (SSSR count). The van der Waals surface area contributed by atoms with Gasteiger partial charge in [0.15, 0.2) is 5.84 Å². The predicted molar refractivity (Wildman–Crippen MR) is 49.8 cm³/mol. The molecule has 0 aromatic heterocycles. The Hall–Kier alpha value is -0.810. The Morgan fingerprint density at radius 2 is 2.54 bits per heavy atom.